The molecule has 7 heteroatoms. The Balaban J connectivity index is 2.20. The smallest absolute Gasteiger partial charge is 0.238 e. The van der Waals surface area contributed by atoms with Gasteiger partial charge < -0.3 is 4.74 Å². The summed E-state index contributed by atoms with van der Waals surface area (Å²) >= 11 is 0. The van der Waals surface area contributed by atoms with Crippen molar-refractivity contribution < 1.29 is 13.2 Å². The third-order valence-corrected chi connectivity index (χ3v) is 4.45. The molecule has 0 aliphatic heterocycles. The van der Waals surface area contributed by atoms with Crippen LogP contribution >= 0.6 is 0 Å². The van der Waals surface area contributed by atoms with E-state index in [0.29, 0.717) is 17.9 Å². The fraction of sp³-hybridized carbons (Fsp3) is 0.357. The molecule has 0 aliphatic rings. The summed E-state index contributed by atoms with van der Waals surface area (Å²) in [5, 5.41) is 9.35. The van der Waals surface area contributed by atoms with Crippen LogP contribution in [0, 0.1) is 13.8 Å². The molecule has 2 rings (SSSR count). The largest absolute Gasteiger partial charge is 0.489 e. The van der Waals surface area contributed by atoms with Crippen LogP contribution in [-0.2, 0) is 23.2 Å². The number of hydrogen-bond acceptors (Lipinski definition) is 4. The second-order valence-corrected chi connectivity index (χ2v) is 6.38. The summed E-state index contributed by atoms with van der Waals surface area (Å²) in [5.74, 6) is 0.643. The number of sulfonamides is 1. The summed E-state index contributed by atoms with van der Waals surface area (Å²) in [5.41, 5.74) is 2.34. The van der Waals surface area contributed by atoms with E-state index in [2.05, 4.69) is 5.10 Å². The number of primary sulfonamides is 1. The summed E-state index contributed by atoms with van der Waals surface area (Å²) < 4.78 is 30.5. The van der Waals surface area contributed by atoms with Gasteiger partial charge in [0, 0.05) is 18.3 Å². The van der Waals surface area contributed by atoms with E-state index in [0.717, 1.165) is 17.7 Å². The van der Waals surface area contributed by atoms with Gasteiger partial charge >= 0.3 is 0 Å². The Labute approximate surface area is 124 Å². The Morgan fingerprint density at radius 3 is 2.57 bits per heavy atom. The summed E-state index contributed by atoms with van der Waals surface area (Å²) in [7, 11) is -3.71. The van der Waals surface area contributed by atoms with E-state index in [4.69, 9.17) is 9.88 Å². The number of aromatic nitrogens is 2. The SMILES string of the molecule is CCn1cc(COc2ccc(S(N)(=O)=O)c(C)c2C)cn1. The topological polar surface area (TPSA) is 87.2 Å². The molecule has 0 fully saturated rings. The highest BCUT2D eigenvalue weighted by Gasteiger charge is 2.15. The van der Waals surface area contributed by atoms with E-state index in [1.807, 2.05) is 24.7 Å². The molecule has 0 saturated carbocycles. The quantitative estimate of drug-likeness (QED) is 0.911. The van der Waals surface area contributed by atoms with E-state index in [1.54, 1.807) is 19.2 Å². The highest BCUT2D eigenvalue weighted by atomic mass is 32.2. The Hall–Kier alpha value is -1.86. The molecule has 2 aromatic rings. The van der Waals surface area contributed by atoms with Gasteiger partial charge in [-0.05, 0) is 44.0 Å². The average Bonchev–Trinajstić information content (AvgIpc) is 2.87. The van der Waals surface area contributed by atoms with Crippen molar-refractivity contribution >= 4 is 10.0 Å². The van der Waals surface area contributed by atoms with Crippen LogP contribution in [0.3, 0.4) is 0 Å². The number of hydrogen-bond donors (Lipinski definition) is 1. The fourth-order valence-corrected chi connectivity index (χ4v) is 2.89. The number of nitrogens with zero attached hydrogens (tertiary/aromatic N) is 2. The van der Waals surface area contributed by atoms with Gasteiger partial charge in [0.2, 0.25) is 10.0 Å². The molecule has 0 saturated heterocycles. The van der Waals surface area contributed by atoms with Gasteiger partial charge in [-0.25, -0.2) is 13.6 Å². The summed E-state index contributed by atoms with van der Waals surface area (Å²) in [6.07, 6.45) is 3.67. The van der Waals surface area contributed by atoms with Crippen LogP contribution in [-0.4, -0.2) is 18.2 Å². The van der Waals surface area contributed by atoms with Gasteiger partial charge in [-0.2, -0.15) is 5.10 Å². The Morgan fingerprint density at radius 2 is 2.00 bits per heavy atom. The van der Waals surface area contributed by atoms with Crippen LogP contribution in [0.2, 0.25) is 0 Å². The first-order chi connectivity index (χ1) is 9.82. The fourth-order valence-electron chi connectivity index (χ4n) is 2.05. The van der Waals surface area contributed by atoms with Gasteiger partial charge in [0.25, 0.3) is 0 Å². The Morgan fingerprint density at radius 1 is 1.29 bits per heavy atom. The lowest BCUT2D eigenvalue weighted by molar-refractivity contribution is 0.303. The zero-order valence-electron chi connectivity index (χ0n) is 12.3. The van der Waals surface area contributed by atoms with E-state index in [9.17, 15) is 8.42 Å². The Kier molecular flexibility index (Phi) is 4.34. The second-order valence-electron chi connectivity index (χ2n) is 4.85. The monoisotopic (exact) mass is 309 g/mol. The van der Waals surface area contributed by atoms with Gasteiger partial charge in [-0.1, -0.05) is 0 Å². The maximum atomic E-state index is 11.5. The van der Waals surface area contributed by atoms with Crippen molar-refractivity contribution in [3.05, 3.63) is 41.2 Å². The maximum absolute atomic E-state index is 11.5. The van der Waals surface area contributed by atoms with Crippen molar-refractivity contribution in [2.45, 2.75) is 38.8 Å². The molecular weight excluding hydrogens is 290 g/mol. The zero-order valence-corrected chi connectivity index (χ0v) is 13.1. The van der Waals surface area contributed by atoms with Crippen LogP contribution in [0.15, 0.2) is 29.4 Å². The summed E-state index contributed by atoms with van der Waals surface area (Å²) in [4.78, 5) is 0.131. The molecule has 2 N–H and O–H groups in total. The normalized spacial score (nSPS) is 11.6. The molecule has 0 aliphatic carbocycles. The first-order valence-corrected chi connectivity index (χ1v) is 8.14. The molecule has 0 amide bonds. The third-order valence-electron chi connectivity index (χ3n) is 3.40. The first-order valence-electron chi connectivity index (χ1n) is 6.60. The van der Waals surface area contributed by atoms with Gasteiger partial charge in [0.15, 0.2) is 0 Å². The molecule has 0 atom stereocenters. The van der Waals surface area contributed by atoms with Crippen molar-refractivity contribution in [2.75, 3.05) is 0 Å². The van der Waals surface area contributed by atoms with Crippen LogP contribution < -0.4 is 9.88 Å². The molecule has 1 aromatic heterocycles. The van der Waals surface area contributed by atoms with Gasteiger partial charge in [-0.15, -0.1) is 0 Å². The highest BCUT2D eigenvalue weighted by molar-refractivity contribution is 7.89. The van der Waals surface area contributed by atoms with Gasteiger partial charge in [0.05, 0.1) is 11.1 Å². The van der Waals surface area contributed by atoms with Crippen molar-refractivity contribution in [1.29, 1.82) is 0 Å². The molecular formula is C14H19N3O3S. The van der Waals surface area contributed by atoms with Crippen LogP contribution in [0.25, 0.3) is 0 Å². The lowest BCUT2D eigenvalue weighted by Crippen LogP contribution is -2.14. The molecule has 0 spiro atoms. The van der Waals surface area contributed by atoms with E-state index < -0.39 is 10.0 Å². The zero-order chi connectivity index (χ0) is 15.6. The average molecular weight is 309 g/mol. The van der Waals surface area contributed by atoms with Crippen molar-refractivity contribution in [1.82, 2.24) is 9.78 Å². The maximum Gasteiger partial charge on any atom is 0.238 e. The van der Waals surface area contributed by atoms with Gasteiger partial charge in [0.1, 0.15) is 12.4 Å². The number of aryl methyl sites for hydroxylation is 1. The molecule has 0 bridgehead atoms. The summed E-state index contributed by atoms with van der Waals surface area (Å²) in [6, 6.07) is 3.11. The lowest BCUT2D eigenvalue weighted by atomic mass is 10.1. The van der Waals surface area contributed by atoms with Crippen molar-refractivity contribution in [3.8, 4) is 5.75 Å². The number of nitrogens with two attached hydrogens (primary N) is 1. The van der Waals surface area contributed by atoms with Crippen LogP contribution in [0.4, 0.5) is 0 Å². The predicted molar refractivity (Wildman–Crippen MR) is 79.5 cm³/mol. The molecule has 0 radical (unpaired) electrons. The van der Waals surface area contributed by atoms with E-state index in [1.165, 1.54) is 6.07 Å². The molecule has 0 unspecified atom stereocenters. The second kappa shape index (κ2) is 5.87. The van der Waals surface area contributed by atoms with Crippen molar-refractivity contribution in [3.63, 3.8) is 0 Å². The number of rotatable bonds is 5. The minimum absolute atomic E-state index is 0.131. The number of benzene rings is 1. The molecule has 1 heterocycles. The minimum atomic E-state index is -3.71. The Bertz CT molecular complexity index is 751. The van der Waals surface area contributed by atoms with E-state index >= 15 is 0 Å². The van der Waals surface area contributed by atoms with Gasteiger partial charge in [-0.3, -0.25) is 4.68 Å². The molecule has 21 heavy (non-hydrogen) atoms. The summed E-state index contributed by atoms with van der Waals surface area (Å²) in [6.45, 7) is 6.74. The van der Waals surface area contributed by atoms with Crippen LogP contribution in [0.1, 0.15) is 23.6 Å². The number of ether oxygens (including phenoxy) is 1. The molecule has 114 valence electrons. The minimum Gasteiger partial charge on any atom is -0.489 e. The lowest BCUT2D eigenvalue weighted by Gasteiger charge is -2.13. The predicted octanol–water partition coefficient (Wildman–Crippen LogP) is 1.75. The molecule has 6 nitrogen and oxygen atoms in total. The van der Waals surface area contributed by atoms with Crippen molar-refractivity contribution in [2.24, 2.45) is 5.14 Å². The van der Waals surface area contributed by atoms with E-state index in [-0.39, 0.29) is 4.90 Å². The first kappa shape index (κ1) is 15.5. The molecule has 1 aromatic carbocycles. The highest BCUT2D eigenvalue weighted by Crippen LogP contribution is 2.27. The third kappa shape index (κ3) is 3.43. The standard InChI is InChI=1S/C14H19N3O3S/c1-4-17-8-12(7-16-17)9-20-13-5-6-14(21(15,18)19)11(3)10(13)2/h5-8H,4,9H2,1-3H3,(H2,15,18,19). The van der Waals surface area contributed by atoms with Crippen LogP contribution in [0.5, 0.6) is 5.75 Å².